The van der Waals surface area contributed by atoms with Gasteiger partial charge in [0.15, 0.2) is 0 Å². The Labute approximate surface area is 133 Å². The van der Waals surface area contributed by atoms with Gasteiger partial charge < -0.3 is 10.6 Å². The normalized spacial score (nSPS) is 21.9. The molecule has 0 spiro atoms. The second-order valence-corrected chi connectivity index (χ2v) is 6.63. The van der Waals surface area contributed by atoms with E-state index in [1.165, 1.54) is 31.2 Å². The number of nitrogens with zero attached hydrogens (tertiary/aromatic N) is 1. The average molecular weight is 301 g/mol. The molecule has 1 amide bonds. The van der Waals surface area contributed by atoms with Crippen molar-refractivity contribution >= 4 is 5.91 Å². The zero-order valence-electron chi connectivity index (χ0n) is 13.3. The fourth-order valence-electron chi connectivity index (χ4n) is 3.16. The topological polar surface area (TPSA) is 44.4 Å². The van der Waals surface area contributed by atoms with Crippen molar-refractivity contribution in [3.05, 3.63) is 35.9 Å². The zero-order chi connectivity index (χ0) is 15.2. The number of amides is 1. The molecule has 1 saturated heterocycles. The molecule has 2 N–H and O–H groups in total. The first-order chi connectivity index (χ1) is 10.8. The number of carbonyl (C=O) groups excluding carboxylic acids is 1. The van der Waals surface area contributed by atoms with Crippen LogP contribution in [0.15, 0.2) is 30.3 Å². The van der Waals surface area contributed by atoms with E-state index in [-0.39, 0.29) is 5.91 Å². The van der Waals surface area contributed by atoms with Crippen molar-refractivity contribution in [3.8, 4) is 0 Å². The first-order valence-electron chi connectivity index (χ1n) is 8.56. The molecule has 1 atom stereocenters. The number of likely N-dealkylation sites (tertiary alicyclic amines) is 1. The number of hydrogen-bond acceptors (Lipinski definition) is 3. The highest BCUT2D eigenvalue weighted by Crippen LogP contribution is 2.27. The monoisotopic (exact) mass is 301 g/mol. The third-order valence-electron chi connectivity index (χ3n) is 4.68. The summed E-state index contributed by atoms with van der Waals surface area (Å²) in [5, 5.41) is 6.34. The van der Waals surface area contributed by atoms with Gasteiger partial charge in [-0.2, -0.15) is 0 Å². The molecule has 1 saturated carbocycles. The molecular formula is C18H27N3O. The summed E-state index contributed by atoms with van der Waals surface area (Å²) in [4.78, 5) is 14.4. The number of benzene rings is 1. The summed E-state index contributed by atoms with van der Waals surface area (Å²) in [5.41, 5.74) is 1.35. The highest BCUT2D eigenvalue weighted by Gasteiger charge is 2.25. The third-order valence-corrected chi connectivity index (χ3v) is 4.68. The standard InChI is InChI=1S/C18H27N3O/c22-18(13-19-11-15-8-9-15)20-12-17-7-4-10-21(17)14-16-5-2-1-3-6-16/h1-3,5-6,15,17,19H,4,7-14H2,(H,20,22). The Morgan fingerprint density at radius 2 is 1.95 bits per heavy atom. The predicted molar refractivity (Wildman–Crippen MR) is 88.5 cm³/mol. The summed E-state index contributed by atoms with van der Waals surface area (Å²) in [6.07, 6.45) is 5.06. The maximum absolute atomic E-state index is 11.9. The van der Waals surface area contributed by atoms with Crippen molar-refractivity contribution in [2.75, 3.05) is 26.2 Å². The number of carbonyl (C=O) groups is 1. The molecule has 22 heavy (non-hydrogen) atoms. The van der Waals surface area contributed by atoms with Crippen LogP contribution in [0.5, 0.6) is 0 Å². The molecule has 1 aliphatic heterocycles. The van der Waals surface area contributed by atoms with Crippen LogP contribution in [0, 0.1) is 5.92 Å². The van der Waals surface area contributed by atoms with E-state index in [2.05, 4.69) is 45.9 Å². The van der Waals surface area contributed by atoms with Crippen LogP contribution in [0.1, 0.15) is 31.2 Å². The van der Waals surface area contributed by atoms with Crippen LogP contribution in [0.4, 0.5) is 0 Å². The summed E-state index contributed by atoms with van der Waals surface area (Å²) in [6, 6.07) is 11.1. The molecule has 1 aromatic carbocycles. The fraction of sp³-hybridized carbons (Fsp3) is 0.611. The van der Waals surface area contributed by atoms with Gasteiger partial charge in [0.05, 0.1) is 6.54 Å². The Morgan fingerprint density at radius 1 is 1.14 bits per heavy atom. The minimum atomic E-state index is 0.132. The van der Waals surface area contributed by atoms with Crippen LogP contribution in [-0.2, 0) is 11.3 Å². The predicted octanol–water partition coefficient (Wildman–Crippen LogP) is 1.77. The Kier molecular flexibility index (Phi) is 5.46. The van der Waals surface area contributed by atoms with Crippen molar-refractivity contribution < 1.29 is 4.79 Å². The Bertz CT molecular complexity index is 472. The van der Waals surface area contributed by atoms with Crippen molar-refractivity contribution in [1.82, 2.24) is 15.5 Å². The van der Waals surface area contributed by atoms with Gasteiger partial charge in [-0.1, -0.05) is 30.3 Å². The SMILES string of the molecule is O=C(CNCC1CC1)NCC1CCCN1Cc1ccccc1. The molecule has 1 unspecified atom stereocenters. The Hall–Kier alpha value is -1.39. The molecule has 0 bridgehead atoms. The second kappa shape index (κ2) is 7.75. The highest BCUT2D eigenvalue weighted by molar-refractivity contribution is 5.78. The molecule has 120 valence electrons. The van der Waals surface area contributed by atoms with Gasteiger partial charge in [0.2, 0.25) is 5.91 Å². The number of hydrogen-bond donors (Lipinski definition) is 2. The molecular weight excluding hydrogens is 274 g/mol. The zero-order valence-corrected chi connectivity index (χ0v) is 13.3. The summed E-state index contributed by atoms with van der Waals surface area (Å²) >= 11 is 0. The fourth-order valence-corrected chi connectivity index (χ4v) is 3.16. The van der Waals surface area contributed by atoms with Crippen molar-refractivity contribution in [3.63, 3.8) is 0 Å². The minimum absolute atomic E-state index is 0.132. The highest BCUT2D eigenvalue weighted by atomic mass is 16.1. The van der Waals surface area contributed by atoms with Gasteiger partial charge in [0.25, 0.3) is 0 Å². The lowest BCUT2D eigenvalue weighted by molar-refractivity contribution is -0.120. The van der Waals surface area contributed by atoms with Crippen LogP contribution >= 0.6 is 0 Å². The second-order valence-electron chi connectivity index (χ2n) is 6.63. The molecule has 3 rings (SSSR count). The van der Waals surface area contributed by atoms with E-state index in [1.54, 1.807) is 0 Å². The van der Waals surface area contributed by atoms with Gasteiger partial charge in [-0.3, -0.25) is 9.69 Å². The van der Waals surface area contributed by atoms with E-state index in [9.17, 15) is 4.79 Å². The summed E-state index contributed by atoms with van der Waals surface area (Å²) in [5.74, 6) is 0.955. The lowest BCUT2D eigenvalue weighted by Gasteiger charge is -2.24. The lowest BCUT2D eigenvalue weighted by Crippen LogP contribution is -2.42. The van der Waals surface area contributed by atoms with E-state index in [0.717, 1.165) is 32.1 Å². The first kappa shape index (κ1) is 15.5. The van der Waals surface area contributed by atoms with Crippen LogP contribution in [0.25, 0.3) is 0 Å². The average Bonchev–Trinajstić information content (AvgIpc) is 3.25. The van der Waals surface area contributed by atoms with Gasteiger partial charge in [-0.15, -0.1) is 0 Å². The largest absolute Gasteiger partial charge is 0.353 e. The van der Waals surface area contributed by atoms with E-state index in [1.807, 2.05) is 0 Å². The smallest absolute Gasteiger partial charge is 0.234 e. The molecule has 2 fully saturated rings. The van der Waals surface area contributed by atoms with Crippen molar-refractivity contribution in [2.45, 2.75) is 38.3 Å². The van der Waals surface area contributed by atoms with Gasteiger partial charge >= 0.3 is 0 Å². The van der Waals surface area contributed by atoms with Crippen LogP contribution in [-0.4, -0.2) is 43.0 Å². The maximum Gasteiger partial charge on any atom is 0.234 e. The van der Waals surface area contributed by atoms with Gasteiger partial charge in [0, 0.05) is 19.1 Å². The molecule has 4 nitrogen and oxygen atoms in total. The third kappa shape index (κ3) is 4.82. The molecule has 1 aromatic rings. The van der Waals surface area contributed by atoms with E-state index in [4.69, 9.17) is 0 Å². The van der Waals surface area contributed by atoms with Crippen molar-refractivity contribution in [1.29, 1.82) is 0 Å². The molecule has 0 aromatic heterocycles. The molecule has 2 aliphatic rings. The summed E-state index contributed by atoms with van der Waals surface area (Å²) in [7, 11) is 0. The van der Waals surface area contributed by atoms with Crippen molar-refractivity contribution in [2.24, 2.45) is 5.92 Å². The molecule has 1 aliphatic carbocycles. The van der Waals surface area contributed by atoms with Crippen LogP contribution in [0.2, 0.25) is 0 Å². The van der Waals surface area contributed by atoms with Gasteiger partial charge in [0.1, 0.15) is 0 Å². The van der Waals surface area contributed by atoms with Gasteiger partial charge in [-0.05, 0) is 50.3 Å². The van der Waals surface area contributed by atoms with E-state index >= 15 is 0 Å². The van der Waals surface area contributed by atoms with Gasteiger partial charge in [-0.25, -0.2) is 0 Å². The minimum Gasteiger partial charge on any atom is -0.353 e. The number of nitrogens with one attached hydrogen (secondary N) is 2. The molecule has 0 radical (unpaired) electrons. The summed E-state index contributed by atoms with van der Waals surface area (Å²) in [6.45, 7) is 4.35. The molecule has 1 heterocycles. The van der Waals surface area contributed by atoms with Crippen LogP contribution in [0.3, 0.4) is 0 Å². The first-order valence-corrected chi connectivity index (χ1v) is 8.56. The Morgan fingerprint density at radius 3 is 2.73 bits per heavy atom. The summed E-state index contributed by atoms with van der Waals surface area (Å²) < 4.78 is 0. The maximum atomic E-state index is 11.9. The van der Waals surface area contributed by atoms with E-state index < -0.39 is 0 Å². The lowest BCUT2D eigenvalue weighted by atomic mass is 10.2. The quantitative estimate of drug-likeness (QED) is 0.769. The van der Waals surface area contributed by atoms with Crippen LogP contribution < -0.4 is 10.6 Å². The number of rotatable bonds is 8. The molecule has 4 heteroatoms. The van der Waals surface area contributed by atoms with E-state index in [0.29, 0.717) is 12.6 Å². The Balaban J connectivity index is 1.37.